The molecule has 0 saturated heterocycles. The monoisotopic (exact) mass is 718 g/mol. The standard InChI is InChI=1S/C26H20Cl2N2O10S4/c27-19-3-1-5-23(13-19)41(31,32)29-21-11-9-17(25(15-21)43(35,36)37)7-8-18-10-12-22(16-26(18)44(38,39)40)30-42(33,34)24-6-2-4-20(28)14-24/h1-16,29-30H,(H,35,36,37)(H,38,39,40). The highest BCUT2D eigenvalue weighted by Gasteiger charge is 2.21. The Morgan fingerprint density at radius 2 is 0.886 bits per heavy atom. The van der Waals surface area contributed by atoms with E-state index in [0.29, 0.717) is 0 Å². The van der Waals surface area contributed by atoms with Crippen molar-refractivity contribution in [1.29, 1.82) is 0 Å². The largest absolute Gasteiger partial charge is 0.295 e. The van der Waals surface area contributed by atoms with Gasteiger partial charge in [-0.3, -0.25) is 18.5 Å². The summed E-state index contributed by atoms with van der Waals surface area (Å²) in [6, 6.07) is 16.9. The van der Waals surface area contributed by atoms with Crippen molar-refractivity contribution >= 4 is 87.0 Å². The highest BCUT2D eigenvalue weighted by molar-refractivity contribution is 7.93. The normalized spacial score (nSPS) is 12.7. The first-order chi connectivity index (χ1) is 20.3. The first kappa shape index (κ1) is 33.4. The van der Waals surface area contributed by atoms with E-state index in [1.807, 2.05) is 0 Å². The van der Waals surface area contributed by atoms with Crippen molar-refractivity contribution in [2.24, 2.45) is 0 Å². The van der Waals surface area contributed by atoms with Gasteiger partial charge in [-0.15, -0.1) is 0 Å². The van der Waals surface area contributed by atoms with Crippen LogP contribution >= 0.6 is 23.2 Å². The first-order valence-electron chi connectivity index (χ1n) is 11.8. The molecule has 4 N–H and O–H groups in total. The van der Waals surface area contributed by atoms with E-state index in [0.717, 1.165) is 36.4 Å². The molecule has 44 heavy (non-hydrogen) atoms. The predicted octanol–water partition coefficient (Wildman–Crippen LogP) is 5.26. The molecule has 0 aliphatic carbocycles. The van der Waals surface area contributed by atoms with Crippen LogP contribution in [-0.4, -0.2) is 42.8 Å². The summed E-state index contributed by atoms with van der Waals surface area (Å²) in [5.41, 5.74) is -0.843. The molecule has 0 heterocycles. The first-order valence-corrected chi connectivity index (χ1v) is 18.4. The van der Waals surface area contributed by atoms with Crippen LogP contribution in [0.2, 0.25) is 10.0 Å². The Hall–Kier alpha value is -3.48. The minimum atomic E-state index is -4.94. The topological polar surface area (TPSA) is 201 Å². The fourth-order valence-corrected chi connectivity index (χ4v) is 7.91. The van der Waals surface area contributed by atoms with Crippen molar-refractivity contribution < 1.29 is 42.8 Å². The summed E-state index contributed by atoms with van der Waals surface area (Å²) in [6.07, 6.45) is 2.16. The van der Waals surface area contributed by atoms with E-state index in [2.05, 4.69) is 9.44 Å². The Balaban J connectivity index is 1.69. The summed E-state index contributed by atoms with van der Waals surface area (Å²) in [6.45, 7) is 0. The number of sulfonamides is 2. The van der Waals surface area contributed by atoms with Gasteiger partial charge in [-0.2, -0.15) is 16.8 Å². The van der Waals surface area contributed by atoms with Gasteiger partial charge in [0.05, 0.1) is 21.2 Å². The van der Waals surface area contributed by atoms with Crippen LogP contribution < -0.4 is 9.44 Å². The van der Waals surface area contributed by atoms with Crippen molar-refractivity contribution in [3.63, 3.8) is 0 Å². The molecule has 0 aliphatic rings. The molecule has 0 fully saturated rings. The number of halogens is 2. The highest BCUT2D eigenvalue weighted by atomic mass is 35.5. The zero-order valence-electron chi connectivity index (χ0n) is 21.8. The number of hydrogen-bond acceptors (Lipinski definition) is 8. The molecule has 0 radical (unpaired) electrons. The second-order valence-electron chi connectivity index (χ2n) is 8.91. The van der Waals surface area contributed by atoms with Crippen molar-refractivity contribution in [2.75, 3.05) is 9.44 Å². The molecule has 4 aromatic carbocycles. The lowest BCUT2D eigenvalue weighted by Gasteiger charge is -2.12. The quantitative estimate of drug-likeness (QED) is 0.124. The van der Waals surface area contributed by atoms with E-state index in [4.69, 9.17) is 23.2 Å². The van der Waals surface area contributed by atoms with Gasteiger partial charge in [0.15, 0.2) is 0 Å². The molecule has 0 saturated carbocycles. The van der Waals surface area contributed by atoms with Crippen molar-refractivity contribution in [3.05, 3.63) is 106 Å². The zero-order valence-corrected chi connectivity index (χ0v) is 26.6. The Labute approximate surface area is 263 Å². The third kappa shape index (κ3) is 8.16. The molecule has 0 unspecified atom stereocenters. The summed E-state index contributed by atoms with van der Waals surface area (Å²) in [5.74, 6) is 0. The molecule has 0 amide bonds. The van der Waals surface area contributed by atoms with Crippen molar-refractivity contribution in [1.82, 2.24) is 0 Å². The predicted molar refractivity (Wildman–Crippen MR) is 166 cm³/mol. The lowest BCUT2D eigenvalue weighted by atomic mass is 10.1. The number of anilines is 2. The van der Waals surface area contributed by atoms with Gasteiger partial charge in [-0.1, -0.05) is 59.6 Å². The Bertz CT molecular complexity index is 2080. The van der Waals surface area contributed by atoms with E-state index in [9.17, 15) is 42.8 Å². The van der Waals surface area contributed by atoms with Crippen molar-refractivity contribution in [2.45, 2.75) is 19.6 Å². The number of rotatable bonds is 10. The molecule has 12 nitrogen and oxygen atoms in total. The second-order valence-corrected chi connectivity index (χ2v) is 15.9. The SMILES string of the molecule is O=S(=O)(O)c1cc(NS(=O)(=O)c2cccc(Cl)c2)ccc1C=Cc1ccc(NS(=O)(=O)c2cccc(Cl)c2)cc1S(=O)(=O)O. The maximum atomic E-state index is 12.7. The average molecular weight is 720 g/mol. The fraction of sp³-hybridized carbons (Fsp3) is 0. The van der Waals surface area contributed by atoms with E-state index in [1.165, 1.54) is 60.7 Å². The third-order valence-electron chi connectivity index (χ3n) is 5.74. The molecule has 232 valence electrons. The van der Waals surface area contributed by atoms with E-state index in [1.54, 1.807) is 0 Å². The van der Waals surface area contributed by atoms with Gasteiger partial charge in [-0.05, 0) is 71.8 Å². The number of benzene rings is 4. The lowest BCUT2D eigenvalue weighted by Crippen LogP contribution is -2.14. The summed E-state index contributed by atoms with van der Waals surface area (Å²) in [7, 11) is -18.3. The molecule has 0 spiro atoms. The Morgan fingerprint density at radius 3 is 1.20 bits per heavy atom. The van der Waals surface area contributed by atoms with Gasteiger partial charge in [0.1, 0.15) is 9.79 Å². The summed E-state index contributed by atoms with van der Waals surface area (Å²) >= 11 is 11.7. The van der Waals surface area contributed by atoms with Crippen LogP contribution in [0.15, 0.2) is 105 Å². The van der Waals surface area contributed by atoms with Gasteiger partial charge < -0.3 is 0 Å². The van der Waals surface area contributed by atoms with Crippen LogP contribution in [0.5, 0.6) is 0 Å². The molecule has 4 aromatic rings. The molecule has 0 aliphatic heterocycles. The molecule has 0 bridgehead atoms. The maximum Gasteiger partial charge on any atom is 0.295 e. The maximum absolute atomic E-state index is 12.7. The minimum Gasteiger partial charge on any atom is -0.282 e. The fourth-order valence-electron chi connectivity index (χ4n) is 3.79. The van der Waals surface area contributed by atoms with Crippen LogP contribution in [-0.2, 0) is 40.3 Å². The third-order valence-corrected chi connectivity index (χ3v) is 10.8. The minimum absolute atomic E-state index is 0.141. The van der Waals surface area contributed by atoms with Gasteiger partial charge >= 0.3 is 0 Å². The smallest absolute Gasteiger partial charge is 0.282 e. The molecule has 18 heteroatoms. The molecular weight excluding hydrogens is 699 g/mol. The number of hydrogen-bond donors (Lipinski definition) is 4. The number of nitrogens with one attached hydrogen (secondary N) is 2. The van der Waals surface area contributed by atoms with Crippen LogP contribution in [0.3, 0.4) is 0 Å². The average Bonchev–Trinajstić information content (AvgIpc) is 2.91. The summed E-state index contributed by atoms with van der Waals surface area (Å²) < 4.78 is 124. The van der Waals surface area contributed by atoms with Crippen molar-refractivity contribution in [3.8, 4) is 0 Å². The summed E-state index contributed by atoms with van der Waals surface area (Å²) in [5, 5.41) is 0.283. The van der Waals surface area contributed by atoms with Crippen LogP contribution in [0.25, 0.3) is 12.2 Å². The van der Waals surface area contributed by atoms with E-state index >= 15 is 0 Å². The summed E-state index contributed by atoms with van der Waals surface area (Å²) in [4.78, 5) is -1.89. The zero-order chi connectivity index (χ0) is 32.5. The van der Waals surface area contributed by atoms with Gasteiger partial charge in [-0.25, -0.2) is 16.8 Å². The van der Waals surface area contributed by atoms with E-state index in [-0.39, 0.29) is 42.3 Å². The lowest BCUT2D eigenvalue weighted by molar-refractivity contribution is 0.480. The van der Waals surface area contributed by atoms with E-state index < -0.39 is 50.1 Å². The van der Waals surface area contributed by atoms with Crippen LogP contribution in [0.4, 0.5) is 11.4 Å². The molecule has 0 aromatic heterocycles. The molecular formula is C26H20Cl2N2O10S4. The second kappa shape index (κ2) is 12.5. The Morgan fingerprint density at radius 1 is 0.523 bits per heavy atom. The molecule has 4 rings (SSSR count). The van der Waals surface area contributed by atoms with Crippen LogP contribution in [0.1, 0.15) is 11.1 Å². The van der Waals surface area contributed by atoms with Gasteiger partial charge in [0.25, 0.3) is 40.3 Å². The van der Waals surface area contributed by atoms with Crippen LogP contribution in [0, 0.1) is 0 Å². The highest BCUT2D eigenvalue weighted by Crippen LogP contribution is 2.28. The molecule has 0 atom stereocenters. The Kier molecular flexibility index (Phi) is 9.48. The van der Waals surface area contributed by atoms with Gasteiger partial charge in [0, 0.05) is 10.0 Å². The van der Waals surface area contributed by atoms with Gasteiger partial charge in [0.2, 0.25) is 0 Å².